The number of anilines is 1. The number of rotatable bonds is 10. The van der Waals surface area contributed by atoms with Crippen LogP contribution in [-0.4, -0.2) is 56.2 Å². The molecule has 0 bridgehead atoms. The van der Waals surface area contributed by atoms with Crippen molar-refractivity contribution in [2.45, 2.75) is 13.8 Å². The summed E-state index contributed by atoms with van der Waals surface area (Å²) >= 11 is 1.54. The summed E-state index contributed by atoms with van der Waals surface area (Å²) in [5.41, 5.74) is 1.77. The van der Waals surface area contributed by atoms with Crippen LogP contribution in [0.4, 0.5) is 5.13 Å². The van der Waals surface area contributed by atoms with Crippen molar-refractivity contribution in [3.63, 3.8) is 0 Å². The number of methoxy groups -OCH3 is 2. The van der Waals surface area contributed by atoms with E-state index in [2.05, 4.69) is 18.7 Å². The lowest BCUT2D eigenvalue weighted by Crippen LogP contribution is -2.38. The molecule has 0 saturated heterocycles. The van der Waals surface area contributed by atoms with Gasteiger partial charge in [0.1, 0.15) is 0 Å². The molecular formula is C24H29N3O3S. The number of nitrogens with zero attached hydrogens (tertiary/aromatic N) is 3. The molecule has 1 aromatic heterocycles. The van der Waals surface area contributed by atoms with Crippen LogP contribution < -0.4 is 14.4 Å². The molecule has 6 nitrogen and oxygen atoms in total. The zero-order chi connectivity index (χ0) is 22.2. The SMILES string of the molecule is CCN(CC)CCN(C(=O)C=Cc1ccc(OC)c(OC)c1)c1nc2ccccc2s1. The normalized spacial score (nSPS) is 11.4. The van der Waals surface area contributed by atoms with Crippen molar-refractivity contribution in [1.82, 2.24) is 9.88 Å². The Kier molecular flexibility index (Phi) is 8.03. The highest BCUT2D eigenvalue weighted by Crippen LogP contribution is 2.30. The Morgan fingerprint density at radius 1 is 1.03 bits per heavy atom. The summed E-state index contributed by atoms with van der Waals surface area (Å²) < 4.78 is 11.7. The van der Waals surface area contributed by atoms with Crippen LogP contribution in [0.2, 0.25) is 0 Å². The number of aromatic nitrogens is 1. The number of thiazole rings is 1. The quantitative estimate of drug-likeness (QED) is 0.429. The molecule has 0 aliphatic carbocycles. The Bertz CT molecular complexity index is 1010. The first-order valence-corrected chi connectivity index (χ1v) is 11.2. The van der Waals surface area contributed by atoms with Crippen molar-refractivity contribution in [2.24, 2.45) is 0 Å². The Morgan fingerprint density at radius 2 is 1.77 bits per heavy atom. The van der Waals surface area contributed by atoms with Gasteiger partial charge < -0.3 is 14.4 Å². The molecule has 1 heterocycles. The highest BCUT2D eigenvalue weighted by Gasteiger charge is 2.18. The molecule has 3 rings (SSSR count). The number of amides is 1. The van der Waals surface area contributed by atoms with Gasteiger partial charge in [-0.2, -0.15) is 0 Å². The first-order chi connectivity index (χ1) is 15.1. The molecule has 0 fully saturated rings. The topological polar surface area (TPSA) is 54.9 Å². The maximum atomic E-state index is 13.2. The van der Waals surface area contributed by atoms with Gasteiger partial charge in [0.25, 0.3) is 5.91 Å². The standard InChI is InChI=1S/C24H29N3O3S/c1-5-26(6-2)15-16-27(24-25-19-9-7-8-10-22(19)31-24)23(28)14-12-18-11-13-20(29-3)21(17-18)30-4/h7-14,17H,5-6,15-16H2,1-4H3. The minimum Gasteiger partial charge on any atom is -0.493 e. The fourth-order valence-corrected chi connectivity index (χ4v) is 4.27. The molecule has 164 valence electrons. The van der Waals surface area contributed by atoms with Crippen LogP contribution >= 0.6 is 11.3 Å². The molecule has 31 heavy (non-hydrogen) atoms. The summed E-state index contributed by atoms with van der Waals surface area (Å²) in [4.78, 5) is 22.0. The van der Waals surface area contributed by atoms with Gasteiger partial charge in [-0.1, -0.05) is 43.4 Å². The van der Waals surface area contributed by atoms with E-state index in [1.54, 1.807) is 31.3 Å². The number of ether oxygens (including phenoxy) is 2. The molecule has 0 radical (unpaired) electrons. The van der Waals surface area contributed by atoms with Crippen LogP contribution in [0.3, 0.4) is 0 Å². The van der Waals surface area contributed by atoms with Gasteiger partial charge in [0, 0.05) is 19.2 Å². The van der Waals surface area contributed by atoms with Gasteiger partial charge in [-0.25, -0.2) is 4.98 Å². The number of hydrogen-bond donors (Lipinski definition) is 0. The highest BCUT2D eigenvalue weighted by molar-refractivity contribution is 7.22. The summed E-state index contributed by atoms with van der Waals surface area (Å²) in [6.07, 6.45) is 3.39. The molecule has 1 amide bonds. The van der Waals surface area contributed by atoms with E-state index in [9.17, 15) is 4.79 Å². The monoisotopic (exact) mass is 439 g/mol. The van der Waals surface area contributed by atoms with Gasteiger partial charge in [0.2, 0.25) is 0 Å². The fraction of sp³-hybridized carbons (Fsp3) is 0.333. The maximum Gasteiger partial charge on any atom is 0.252 e. The summed E-state index contributed by atoms with van der Waals surface area (Å²) in [5.74, 6) is 1.18. The van der Waals surface area contributed by atoms with E-state index in [0.717, 1.165) is 40.5 Å². The van der Waals surface area contributed by atoms with Gasteiger partial charge >= 0.3 is 0 Å². The van der Waals surface area contributed by atoms with Crippen LogP contribution in [0.15, 0.2) is 48.5 Å². The third-order valence-electron chi connectivity index (χ3n) is 5.14. The molecule has 0 aliphatic rings. The molecule has 7 heteroatoms. The average Bonchev–Trinajstić information content (AvgIpc) is 3.24. The van der Waals surface area contributed by atoms with E-state index < -0.39 is 0 Å². The zero-order valence-electron chi connectivity index (χ0n) is 18.5. The molecule has 0 aliphatic heterocycles. The number of carbonyl (C=O) groups excluding carboxylic acids is 1. The second-order valence-corrected chi connectivity index (χ2v) is 7.94. The Morgan fingerprint density at radius 3 is 2.45 bits per heavy atom. The molecule has 3 aromatic rings. The lowest BCUT2D eigenvalue weighted by atomic mass is 10.2. The van der Waals surface area contributed by atoms with E-state index >= 15 is 0 Å². The van der Waals surface area contributed by atoms with Gasteiger partial charge in [0.15, 0.2) is 16.6 Å². The number of para-hydroxylation sites is 1. The number of hydrogen-bond acceptors (Lipinski definition) is 6. The zero-order valence-corrected chi connectivity index (χ0v) is 19.3. The van der Waals surface area contributed by atoms with Gasteiger partial charge in [0.05, 0.1) is 24.4 Å². The molecule has 0 unspecified atom stereocenters. The predicted octanol–water partition coefficient (Wildman–Crippen LogP) is 4.70. The highest BCUT2D eigenvalue weighted by atomic mass is 32.1. The largest absolute Gasteiger partial charge is 0.493 e. The third kappa shape index (κ3) is 5.62. The van der Waals surface area contributed by atoms with Crippen LogP contribution in [0.1, 0.15) is 19.4 Å². The molecule has 2 aromatic carbocycles. The molecule has 0 spiro atoms. The van der Waals surface area contributed by atoms with Crippen LogP contribution in [0.25, 0.3) is 16.3 Å². The number of likely N-dealkylation sites (N-methyl/N-ethyl adjacent to an activating group) is 1. The van der Waals surface area contributed by atoms with E-state index in [1.165, 1.54) is 11.3 Å². The lowest BCUT2D eigenvalue weighted by molar-refractivity contribution is -0.114. The van der Waals surface area contributed by atoms with Crippen LogP contribution in [-0.2, 0) is 4.79 Å². The van der Waals surface area contributed by atoms with Crippen LogP contribution in [0.5, 0.6) is 11.5 Å². The fourth-order valence-electron chi connectivity index (χ4n) is 3.27. The van der Waals surface area contributed by atoms with Crippen molar-refractivity contribution in [1.29, 1.82) is 0 Å². The minimum absolute atomic E-state index is 0.0963. The van der Waals surface area contributed by atoms with Crippen molar-refractivity contribution in [3.05, 3.63) is 54.1 Å². The van der Waals surface area contributed by atoms with Gasteiger partial charge in [-0.05, 0) is 49.0 Å². The summed E-state index contributed by atoms with van der Waals surface area (Å²) in [7, 11) is 3.20. The van der Waals surface area contributed by atoms with E-state index in [-0.39, 0.29) is 5.91 Å². The molecule has 0 N–H and O–H groups in total. The summed E-state index contributed by atoms with van der Waals surface area (Å²) in [6.45, 7) is 7.52. The Balaban J connectivity index is 1.85. The van der Waals surface area contributed by atoms with E-state index in [4.69, 9.17) is 14.5 Å². The number of fused-ring (bicyclic) bond motifs is 1. The third-order valence-corrected chi connectivity index (χ3v) is 6.20. The number of benzene rings is 2. The molecule has 0 atom stereocenters. The van der Waals surface area contributed by atoms with Gasteiger partial charge in [-0.3, -0.25) is 9.69 Å². The minimum atomic E-state index is -0.0963. The smallest absolute Gasteiger partial charge is 0.252 e. The predicted molar refractivity (Wildman–Crippen MR) is 128 cm³/mol. The van der Waals surface area contributed by atoms with Crippen molar-refractivity contribution >= 4 is 38.7 Å². The summed E-state index contributed by atoms with van der Waals surface area (Å²) in [6, 6.07) is 13.5. The van der Waals surface area contributed by atoms with Crippen molar-refractivity contribution < 1.29 is 14.3 Å². The average molecular weight is 440 g/mol. The Hall–Kier alpha value is -2.90. The molecule has 0 saturated carbocycles. The Labute approximate surface area is 187 Å². The van der Waals surface area contributed by atoms with Crippen LogP contribution in [0, 0.1) is 0 Å². The van der Waals surface area contributed by atoms with E-state index in [0.29, 0.717) is 18.0 Å². The van der Waals surface area contributed by atoms with Gasteiger partial charge in [-0.15, -0.1) is 0 Å². The van der Waals surface area contributed by atoms with Crippen molar-refractivity contribution in [2.75, 3.05) is 45.3 Å². The number of carbonyl (C=O) groups is 1. The second-order valence-electron chi connectivity index (χ2n) is 6.93. The van der Waals surface area contributed by atoms with E-state index in [1.807, 2.05) is 42.5 Å². The first-order valence-electron chi connectivity index (χ1n) is 10.4. The lowest BCUT2D eigenvalue weighted by Gasteiger charge is -2.23. The maximum absolute atomic E-state index is 13.2. The molecular weight excluding hydrogens is 410 g/mol. The second kappa shape index (κ2) is 10.9. The van der Waals surface area contributed by atoms with Crippen molar-refractivity contribution in [3.8, 4) is 11.5 Å². The first kappa shape index (κ1) is 22.8. The summed E-state index contributed by atoms with van der Waals surface area (Å²) in [5, 5.41) is 0.718.